The summed E-state index contributed by atoms with van der Waals surface area (Å²) in [6.07, 6.45) is 0.984. The number of carbonyl (C=O) groups excluding carboxylic acids is 1. The number of ether oxygens (including phenoxy) is 1. The van der Waals surface area contributed by atoms with Gasteiger partial charge in [0.05, 0.1) is 25.4 Å². The summed E-state index contributed by atoms with van der Waals surface area (Å²) in [4.78, 5) is 13.6. The quantitative estimate of drug-likeness (QED) is 0.728. The van der Waals surface area contributed by atoms with Crippen LogP contribution in [0.2, 0.25) is 0 Å². The van der Waals surface area contributed by atoms with E-state index in [1.807, 2.05) is 42.5 Å². The highest BCUT2D eigenvalue weighted by Gasteiger charge is 2.13. The van der Waals surface area contributed by atoms with Gasteiger partial charge in [0.1, 0.15) is 13.1 Å². The van der Waals surface area contributed by atoms with Gasteiger partial charge >= 0.3 is 6.03 Å². The highest BCUT2D eigenvalue weighted by Crippen LogP contribution is 2.22. The van der Waals surface area contributed by atoms with Crippen LogP contribution in [0.1, 0.15) is 6.42 Å². The summed E-state index contributed by atoms with van der Waals surface area (Å²) in [5.74, 6) is 0. The van der Waals surface area contributed by atoms with Crippen molar-refractivity contribution in [2.24, 2.45) is 0 Å². The molecule has 0 unspecified atom stereocenters. The van der Waals surface area contributed by atoms with Gasteiger partial charge in [0.15, 0.2) is 0 Å². The Morgan fingerprint density at radius 3 is 2.74 bits per heavy atom. The number of carbonyl (C=O) groups is 1. The minimum absolute atomic E-state index is 0.140. The average molecular weight is 314 g/mol. The molecule has 1 aliphatic heterocycles. The van der Waals surface area contributed by atoms with E-state index in [-0.39, 0.29) is 6.03 Å². The van der Waals surface area contributed by atoms with Crippen molar-refractivity contribution in [1.82, 2.24) is 5.32 Å². The van der Waals surface area contributed by atoms with Crippen LogP contribution in [0.25, 0.3) is 10.8 Å². The van der Waals surface area contributed by atoms with Crippen LogP contribution in [0.15, 0.2) is 42.5 Å². The van der Waals surface area contributed by atoms with Crippen LogP contribution in [0.3, 0.4) is 0 Å². The summed E-state index contributed by atoms with van der Waals surface area (Å²) in [6.45, 7) is 5.62. The Kier molecular flexibility index (Phi) is 5.45. The predicted octanol–water partition coefficient (Wildman–Crippen LogP) is 1.27. The molecule has 3 N–H and O–H groups in total. The highest BCUT2D eigenvalue weighted by molar-refractivity contribution is 6.01. The molecule has 0 saturated carbocycles. The van der Waals surface area contributed by atoms with Gasteiger partial charge in [0.25, 0.3) is 0 Å². The van der Waals surface area contributed by atoms with Crippen LogP contribution in [-0.4, -0.2) is 45.4 Å². The van der Waals surface area contributed by atoms with Crippen LogP contribution in [-0.2, 0) is 4.74 Å². The third kappa shape index (κ3) is 4.43. The lowest BCUT2D eigenvalue weighted by atomic mass is 10.1. The number of hydrogen-bond donors (Lipinski definition) is 3. The lowest BCUT2D eigenvalue weighted by Gasteiger charge is -2.23. The van der Waals surface area contributed by atoms with Gasteiger partial charge < -0.3 is 20.3 Å². The number of amides is 2. The molecule has 0 atom stereocenters. The van der Waals surface area contributed by atoms with E-state index in [1.54, 1.807) is 4.90 Å². The van der Waals surface area contributed by atoms with Crippen molar-refractivity contribution in [3.63, 3.8) is 0 Å². The molecule has 3 rings (SSSR count). The number of nitrogens with one attached hydrogen (secondary N) is 3. The Balaban J connectivity index is 1.45. The lowest BCUT2D eigenvalue weighted by molar-refractivity contribution is -0.908. The SMILES string of the molecule is O=C(NCCC[NH+]1CCOCC1)Nc1cccc2ccccc12. The van der Waals surface area contributed by atoms with E-state index < -0.39 is 0 Å². The first-order chi connectivity index (χ1) is 11.3. The molecule has 1 heterocycles. The molecule has 0 radical (unpaired) electrons. The molecule has 23 heavy (non-hydrogen) atoms. The molecule has 2 amide bonds. The van der Waals surface area contributed by atoms with E-state index in [0.29, 0.717) is 6.54 Å². The molecular weight excluding hydrogens is 290 g/mol. The molecule has 1 saturated heterocycles. The number of fused-ring (bicyclic) bond motifs is 1. The van der Waals surface area contributed by atoms with Crippen LogP contribution in [0, 0.1) is 0 Å². The van der Waals surface area contributed by atoms with Gasteiger partial charge in [-0.3, -0.25) is 0 Å². The molecule has 2 aromatic rings. The third-order valence-electron chi connectivity index (χ3n) is 4.23. The summed E-state index contributed by atoms with van der Waals surface area (Å²) in [6, 6.07) is 13.8. The number of benzene rings is 2. The van der Waals surface area contributed by atoms with Gasteiger partial charge in [0.2, 0.25) is 0 Å². The van der Waals surface area contributed by atoms with Gasteiger partial charge in [-0.25, -0.2) is 4.79 Å². The molecular formula is C18H24N3O2+. The Morgan fingerprint density at radius 1 is 1.09 bits per heavy atom. The van der Waals surface area contributed by atoms with Crippen molar-refractivity contribution < 1.29 is 14.4 Å². The zero-order valence-electron chi connectivity index (χ0n) is 13.3. The maximum Gasteiger partial charge on any atom is 0.319 e. The van der Waals surface area contributed by atoms with Crippen molar-refractivity contribution in [2.45, 2.75) is 6.42 Å². The van der Waals surface area contributed by atoms with Crippen molar-refractivity contribution in [3.05, 3.63) is 42.5 Å². The zero-order valence-corrected chi connectivity index (χ0v) is 13.3. The summed E-state index contributed by atoms with van der Waals surface area (Å²) in [5, 5.41) is 8.07. The minimum Gasteiger partial charge on any atom is -0.370 e. The van der Waals surface area contributed by atoms with E-state index in [2.05, 4.69) is 10.6 Å². The van der Waals surface area contributed by atoms with E-state index in [0.717, 1.165) is 55.7 Å². The molecule has 1 fully saturated rings. The molecule has 0 spiro atoms. The number of morpholine rings is 1. The summed E-state index contributed by atoms with van der Waals surface area (Å²) in [5.41, 5.74) is 0.847. The zero-order chi connectivity index (χ0) is 15.9. The molecule has 5 heteroatoms. The normalized spacial score (nSPS) is 15.5. The van der Waals surface area contributed by atoms with Gasteiger partial charge in [-0.1, -0.05) is 36.4 Å². The predicted molar refractivity (Wildman–Crippen MR) is 92.0 cm³/mol. The summed E-state index contributed by atoms with van der Waals surface area (Å²) < 4.78 is 5.35. The third-order valence-corrected chi connectivity index (χ3v) is 4.23. The second-order valence-corrected chi connectivity index (χ2v) is 5.87. The molecule has 1 aliphatic rings. The van der Waals surface area contributed by atoms with Crippen molar-refractivity contribution in [2.75, 3.05) is 44.7 Å². The number of rotatable bonds is 5. The first-order valence-corrected chi connectivity index (χ1v) is 8.27. The Labute approximate surface area is 136 Å². The van der Waals surface area contributed by atoms with Crippen molar-refractivity contribution in [3.8, 4) is 0 Å². The first-order valence-electron chi connectivity index (χ1n) is 8.27. The lowest BCUT2D eigenvalue weighted by Crippen LogP contribution is -3.14. The topological polar surface area (TPSA) is 54.8 Å². The maximum atomic E-state index is 12.1. The monoisotopic (exact) mass is 314 g/mol. The maximum absolute atomic E-state index is 12.1. The molecule has 5 nitrogen and oxygen atoms in total. The second-order valence-electron chi connectivity index (χ2n) is 5.87. The van der Waals surface area contributed by atoms with E-state index in [9.17, 15) is 4.79 Å². The second kappa shape index (κ2) is 7.94. The molecule has 2 aromatic carbocycles. The summed E-state index contributed by atoms with van der Waals surface area (Å²) >= 11 is 0. The number of hydrogen-bond acceptors (Lipinski definition) is 2. The van der Waals surface area contributed by atoms with Crippen LogP contribution in [0.5, 0.6) is 0 Å². The molecule has 0 aromatic heterocycles. The van der Waals surface area contributed by atoms with Crippen molar-refractivity contribution in [1.29, 1.82) is 0 Å². The largest absolute Gasteiger partial charge is 0.370 e. The fraction of sp³-hybridized carbons (Fsp3) is 0.389. The first kappa shape index (κ1) is 15.8. The van der Waals surface area contributed by atoms with Crippen LogP contribution in [0.4, 0.5) is 10.5 Å². The van der Waals surface area contributed by atoms with Crippen LogP contribution < -0.4 is 15.5 Å². The average Bonchev–Trinajstić information content (AvgIpc) is 2.60. The number of quaternary nitrogens is 1. The Morgan fingerprint density at radius 2 is 1.87 bits per heavy atom. The highest BCUT2D eigenvalue weighted by atomic mass is 16.5. The van der Waals surface area contributed by atoms with Gasteiger partial charge in [0, 0.05) is 18.4 Å². The van der Waals surface area contributed by atoms with Crippen molar-refractivity contribution >= 4 is 22.5 Å². The molecule has 0 bridgehead atoms. The Bertz CT molecular complexity index is 648. The van der Waals surface area contributed by atoms with E-state index >= 15 is 0 Å². The van der Waals surface area contributed by atoms with Gasteiger partial charge in [-0.15, -0.1) is 0 Å². The van der Waals surface area contributed by atoms with E-state index in [1.165, 1.54) is 0 Å². The van der Waals surface area contributed by atoms with Crippen LogP contribution >= 0.6 is 0 Å². The Hall–Kier alpha value is -2.11. The molecule has 122 valence electrons. The van der Waals surface area contributed by atoms with E-state index in [4.69, 9.17) is 4.74 Å². The van der Waals surface area contributed by atoms with Gasteiger partial charge in [-0.2, -0.15) is 0 Å². The molecule has 0 aliphatic carbocycles. The number of urea groups is 1. The number of anilines is 1. The minimum atomic E-state index is -0.140. The fourth-order valence-electron chi connectivity index (χ4n) is 2.95. The smallest absolute Gasteiger partial charge is 0.319 e. The summed E-state index contributed by atoms with van der Waals surface area (Å²) in [7, 11) is 0. The fourth-order valence-corrected chi connectivity index (χ4v) is 2.95. The van der Waals surface area contributed by atoms with Gasteiger partial charge in [-0.05, 0) is 11.5 Å². The standard InChI is InChI=1S/C18H23N3O2/c22-18(19-9-4-10-21-11-13-23-14-12-21)20-17-8-3-6-15-5-1-2-7-16(15)17/h1-3,5-8H,4,9-14H2,(H2,19,20,22)/p+1.